The van der Waals surface area contributed by atoms with Crippen molar-refractivity contribution in [3.63, 3.8) is 0 Å². The van der Waals surface area contributed by atoms with Gasteiger partial charge in [0.05, 0.1) is 5.52 Å². The summed E-state index contributed by atoms with van der Waals surface area (Å²) in [6, 6.07) is 17.9. The fourth-order valence-corrected chi connectivity index (χ4v) is 5.29. The van der Waals surface area contributed by atoms with Gasteiger partial charge in [0.25, 0.3) is 11.8 Å². The number of amides is 2. The largest absolute Gasteiger partial charge is 0.491 e. The number of hydrogen-bond donors (Lipinski definition) is 2. The molecule has 1 fully saturated rings. The van der Waals surface area contributed by atoms with Crippen LogP contribution in [0.25, 0.3) is 10.9 Å². The lowest BCUT2D eigenvalue weighted by molar-refractivity contribution is 0.101. The van der Waals surface area contributed by atoms with Crippen molar-refractivity contribution in [2.24, 2.45) is 0 Å². The van der Waals surface area contributed by atoms with Crippen LogP contribution in [-0.2, 0) is 0 Å². The van der Waals surface area contributed by atoms with E-state index in [1.807, 2.05) is 38.1 Å². The SMILES string of the molecule is Cc1cc(OCCN2CCCC2)c2cc(C(=O)Nc3cc(NC(=O)c4ccc5c(c4)OCCO5)ccc3C)ccc2n1. The van der Waals surface area contributed by atoms with Crippen molar-refractivity contribution in [3.8, 4) is 17.2 Å². The minimum absolute atomic E-state index is 0.265. The van der Waals surface area contributed by atoms with E-state index in [1.54, 1.807) is 36.4 Å². The number of fused-ring (bicyclic) bond motifs is 2. The summed E-state index contributed by atoms with van der Waals surface area (Å²) < 4.78 is 17.3. The number of nitrogens with one attached hydrogen (secondary N) is 2. The van der Waals surface area contributed by atoms with Crippen molar-refractivity contribution >= 4 is 34.1 Å². The first-order valence-electron chi connectivity index (χ1n) is 14.3. The molecule has 0 radical (unpaired) electrons. The quantitative estimate of drug-likeness (QED) is 0.286. The molecule has 2 N–H and O–H groups in total. The van der Waals surface area contributed by atoms with Gasteiger partial charge in [0.1, 0.15) is 25.6 Å². The first-order valence-corrected chi connectivity index (χ1v) is 14.3. The summed E-state index contributed by atoms with van der Waals surface area (Å²) in [5.41, 5.74) is 4.60. The zero-order valence-corrected chi connectivity index (χ0v) is 23.9. The normalized spacial score (nSPS) is 14.5. The number of aromatic nitrogens is 1. The van der Waals surface area contributed by atoms with Crippen LogP contribution in [0.1, 0.15) is 44.8 Å². The van der Waals surface area contributed by atoms with Crippen LogP contribution in [0.3, 0.4) is 0 Å². The minimum atomic E-state index is -0.289. The highest BCUT2D eigenvalue weighted by Gasteiger charge is 2.17. The van der Waals surface area contributed by atoms with Gasteiger partial charge in [-0.05, 0) is 93.9 Å². The number of carbonyl (C=O) groups is 2. The third kappa shape index (κ3) is 6.16. The average Bonchev–Trinajstić information content (AvgIpc) is 3.52. The van der Waals surface area contributed by atoms with Crippen LogP contribution in [0, 0.1) is 13.8 Å². The van der Waals surface area contributed by atoms with Crippen molar-refractivity contribution in [1.82, 2.24) is 9.88 Å². The number of ether oxygens (including phenoxy) is 3. The number of anilines is 2. The molecule has 42 heavy (non-hydrogen) atoms. The van der Waals surface area contributed by atoms with E-state index < -0.39 is 0 Å². The second-order valence-electron chi connectivity index (χ2n) is 10.7. The molecule has 3 aromatic carbocycles. The van der Waals surface area contributed by atoms with Crippen LogP contribution >= 0.6 is 0 Å². The smallest absolute Gasteiger partial charge is 0.255 e. The fourth-order valence-electron chi connectivity index (χ4n) is 5.29. The molecule has 0 bridgehead atoms. The maximum atomic E-state index is 13.4. The molecule has 2 aliphatic heterocycles. The number of hydrogen-bond acceptors (Lipinski definition) is 7. The number of nitrogens with zero attached hydrogens (tertiary/aromatic N) is 2. The van der Waals surface area contributed by atoms with Gasteiger partial charge in [0.2, 0.25) is 0 Å². The zero-order valence-electron chi connectivity index (χ0n) is 23.9. The molecule has 9 nitrogen and oxygen atoms in total. The fraction of sp³-hybridized carbons (Fsp3) is 0.303. The van der Waals surface area contributed by atoms with E-state index in [0.29, 0.717) is 53.8 Å². The number of benzene rings is 3. The summed E-state index contributed by atoms with van der Waals surface area (Å²) >= 11 is 0. The number of aryl methyl sites for hydroxylation is 2. The molecule has 2 aliphatic rings. The highest BCUT2D eigenvalue weighted by atomic mass is 16.6. The summed E-state index contributed by atoms with van der Waals surface area (Å²) in [6.45, 7) is 8.47. The van der Waals surface area contributed by atoms with Gasteiger partial charge < -0.3 is 24.8 Å². The Balaban J connectivity index is 1.16. The molecule has 0 aliphatic carbocycles. The van der Waals surface area contributed by atoms with Crippen molar-refractivity contribution in [1.29, 1.82) is 0 Å². The van der Waals surface area contributed by atoms with E-state index in [-0.39, 0.29) is 11.8 Å². The summed E-state index contributed by atoms with van der Waals surface area (Å²) in [5, 5.41) is 6.71. The van der Waals surface area contributed by atoms with Gasteiger partial charge in [-0.1, -0.05) is 6.07 Å². The van der Waals surface area contributed by atoms with Gasteiger partial charge in [-0.25, -0.2) is 0 Å². The lowest BCUT2D eigenvalue weighted by Gasteiger charge is -2.18. The van der Waals surface area contributed by atoms with Crippen molar-refractivity contribution in [2.45, 2.75) is 26.7 Å². The van der Waals surface area contributed by atoms with Crippen molar-refractivity contribution < 1.29 is 23.8 Å². The van der Waals surface area contributed by atoms with Crippen LogP contribution in [-0.4, -0.2) is 61.2 Å². The summed E-state index contributed by atoms with van der Waals surface area (Å²) in [7, 11) is 0. The van der Waals surface area contributed by atoms with E-state index in [2.05, 4.69) is 20.5 Å². The predicted octanol–water partition coefficient (Wildman–Crippen LogP) is 5.60. The van der Waals surface area contributed by atoms with Gasteiger partial charge in [-0.2, -0.15) is 0 Å². The number of likely N-dealkylation sites (tertiary alicyclic amines) is 1. The Kier molecular flexibility index (Phi) is 7.92. The topological polar surface area (TPSA) is 102 Å². The molecular weight excluding hydrogens is 532 g/mol. The molecule has 9 heteroatoms. The van der Waals surface area contributed by atoms with Gasteiger partial charge in [0.15, 0.2) is 11.5 Å². The van der Waals surface area contributed by atoms with Crippen LogP contribution in [0.4, 0.5) is 11.4 Å². The predicted molar refractivity (Wildman–Crippen MR) is 162 cm³/mol. The average molecular weight is 567 g/mol. The Hall–Kier alpha value is -4.63. The highest BCUT2D eigenvalue weighted by Crippen LogP contribution is 2.31. The van der Waals surface area contributed by atoms with Crippen LogP contribution < -0.4 is 24.8 Å². The van der Waals surface area contributed by atoms with Gasteiger partial charge >= 0.3 is 0 Å². The van der Waals surface area contributed by atoms with E-state index in [1.165, 1.54) is 12.8 Å². The first kappa shape index (κ1) is 27.5. The molecule has 1 saturated heterocycles. The molecule has 216 valence electrons. The molecule has 3 heterocycles. The molecule has 4 aromatic rings. The number of pyridine rings is 1. The lowest BCUT2D eigenvalue weighted by Crippen LogP contribution is -2.25. The molecule has 0 spiro atoms. The van der Waals surface area contributed by atoms with Gasteiger partial charge in [0, 0.05) is 46.2 Å². The van der Waals surface area contributed by atoms with E-state index in [4.69, 9.17) is 14.2 Å². The highest BCUT2D eigenvalue weighted by molar-refractivity contribution is 6.08. The summed E-state index contributed by atoms with van der Waals surface area (Å²) in [4.78, 5) is 33.4. The van der Waals surface area contributed by atoms with Crippen LogP contribution in [0.15, 0.2) is 60.7 Å². The molecular formula is C33H34N4O5. The summed E-state index contributed by atoms with van der Waals surface area (Å²) in [5.74, 6) is 1.35. The Labute approximate surface area is 244 Å². The van der Waals surface area contributed by atoms with Crippen molar-refractivity contribution in [3.05, 3.63) is 83.0 Å². The van der Waals surface area contributed by atoms with E-state index >= 15 is 0 Å². The van der Waals surface area contributed by atoms with Crippen molar-refractivity contribution in [2.75, 3.05) is 50.1 Å². The summed E-state index contributed by atoms with van der Waals surface area (Å²) in [6.07, 6.45) is 2.48. The molecule has 6 rings (SSSR count). The lowest BCUT2D eigenvalue weighted by atomic mass is 10.1. The number of carbonyl (C=O) groups excluding carboxylic acids is 2. The Bertz CT molecular complexity index is 1650. The first-order chi connectivity index (χ1) is 20.4. The third-order valence-electron chi connectivity index (χ3n) is 7.57. The maximum Gasteiger partial charge on any atom is 0.255 e. The number of rotatable bonds is 8. The second kappa shape index (κ2) is 12.1. The Morgan fingerprint density at radius 3 is 2.43 bits per heavy atom. The Morgan fingerprint density at radius 1 is 0.857 bits per heavy atom. The standard InChI is InChI=1S/C33H34N4O5/c1-21-5-8-25(35-32(38)24-7-10-29-31(19-24)42-16-15-41-29)20-28(21)36-33(39)23-6-9-27-26(18-23)30(17-22(2)34-27)40-14-13-37-11-3-4-12-37/h5-10,17-20H,3-4,11-16H2,1-2H3,(H,35,38)(H,36,39). The maximum absolute atomic E-state index is 13.4. The van der Waals surface area contributed by atoms with E-state index in [9.17, 15) is 9.59 Å². The van der Waals surface area contributed by atoms with Crippen LogP contribution in [0.2, 0.25) is 0 Å². The second-order valence-corrected chi connectivity index (χ2v) is 10.7. The zero-order chi connectivity index (χ0) is 29.1. The molecule has 0 saturated carbocycles. The Morgan fingerprint density at radius 2 is 1.60 bits per heavy atom. The minimum Gasteiger partial charge on any atom is -0.491 e. The monoisotopic (exact) mass is 566 g/mol. The van der Waals surface area contributed by atoms with Crippen LogP contribution in [0.5, 0.6) is 17.2 Å². The molecule has 0 unspecified atom stereocenters. The molecule has 1 aromatic heterocycles. The van der Waals surface area contributed by atoms with E-state index in [0.717, 1.165) is 47.5 Å². The molecule has 2 amide bonds. The van der Waals surface area contributed by atoms with Gasteiger partial charge in [-0.3, -0.25) is 19.5 Å². The van der Waals surface area contributed by atoms with Gasteiger partial charge in [-0.15, -0.1) is 0 Å². The third-order valence-corrected chi connectivity index (χ3v) is 7.57. The molecule has 0 atom stereocenters.